The van der Waals surface area contributed by atoms with Crippen molar-refractivity contribution in [2.45, 2.75) is 12.8 Å². The van der Waals surface area contributed by atoms with Crippen LogP contribution in [0.1, 0.15) is 27.9 Å². The van der Waals surface area contributed by atoms with E-state index >= 15 is 0 Å². The molecule has 0 aromatic heterocycles. The van der Waals surface area contributed by atoms with Crippen molar-refractivity contribution < 1.29 is 14.3 Å². The molecule has 3 aromatic carbocycles. The Morgan fingerprint density at radius 2 is 1.68 bits per heavy atom. The van der Waals surface area contributed by atoms with Gasteiger partial charge in [-0.1, -0.05) is 42.5 Å². The second-order valence-corrected chi connectivity index (χ2v) is 7.17. The maximum absolute atomic E-state index is 12.8. The number of amides is 2. The van der Waals surface area contributed by atoms with Crippen molar-refractivity contribution in [3.05, 3.63) is 89.5 Å². The summed E-state index contributed by atoms with van der Waals surface area (Å²) < 4.78 is 5.84. The molecule has 0 spiro atoms. The lowest BCUT2D eigenvalue weighted by atomic mass is 10.0. The van der Waals surface area contributed by atoms with E-state index in [1.54, 1.807) is 53.4 Å². The highest BCUT2D eigenvalue weighted by Gasteiger charge is 2.23. The van der Waals surface area contributed by atoms with Gasteiger partial charge in [-0.3, -0.25) is 9.59 Å². The largest absolute Gasteiger partial charge is 0.455 e. The summed E-state index contributed by atoms with van der Waals surface area (Å²) in [5.41, 5.74) is 2.71. The Hall–Kier alpha value is -4.11. The maximum Gasteiger partial charge on any atom is 0.255 e. The van der Waals surface area contributed by atoms with Gasteiger partial charge in [0.1, 0.15) is 17.6 Å². The fraction of sp³-hybridized carbons (Fsp3) is 0.160. The third-order valence-electron chi connectivity index (χ3n) is 5.17. The maximum atomic E-state index is 12.8. The molecule has 0 fully saturated rings. The van der Waals surface area contributed by atoms with E-state index in [1.807, 2.05) is 24.3 Å². The zero-order valence-electron chi connectivity index (χ0n) is 16.9. The number of carbonyl (C=O) groups excluding carboxylic acids is 2. The molecule has 6 heteroatoms. The van der Waals surface area contributed by atoms with E-state index < -0.39 is 5.91 Å². The lowest BCUT2D eigenvalue weighted by molar-refractivity contribution is -0.117. The van der Waals surface area contributed by atoms with Crippen molar-refractivity contribution >= 4 is 17.5 Å². The summed E-state index contributed by atoms with van der Waals surface area (Å²) in [6, 6.07) is 23.5. The quantitative estimate of drug-likeness (QED) is 0.686. The number of ether oxygens (including phenoxy) is 1. The van der Waals surface area contributed by atoms with Crippen LogP contribution in [0.4, 0.5) is 5.69 Å². The van der Waals surface area contributed by atoms with Crippen molar-refractivity contribution in [2.75, 3.05) is 18.0 Å². The predicted molar refractivity (Wildman–Crippen MR) is 117 cm³/mol. The van der Waals surface area contributed by atoms with Crippen LogP contribution in [0, 0.1) is 11.3 Å². The molecular formula is C25H21N3O3. The summed E-state index contributed by atoms with van der Waals surface area (Å²) in [7, 11) is 0. The summed E-state index contributed by atoms with van der Waals surface area (Å²) in [4.78, 5) is 27.3. The lowest BCUT2D eigenvalue weighted by Gasteiger charge is -2.29. The van der Waals surface area contributed by atoms with Gasteiger partial charge in [0.2, 0.25) is 5.91 Å². The van der Waals surface area contributed by atoms with Crippen LogP contribution in [-0.4, -0.2) is 24.9 Å². The molecule has 1 N–H and O–H groups in total. The first-order valence-electron chi connectivity index (χ1n) is 10.1. The topological polar surface area (TPSA) is 82.4 Å². The van der Waals surface area contributed by atoms with Gasteiger partial charge in [0.15, 0.2) is 0 Å². The van der Waals surface area contributed by atoms with Gasteiger partial charge in [0.05, 0.1) is 17.7 Å². The van der Waals surface area contributed by atoms with Crippen molar-refractivity contribution in [3.8, 4) is 17.6 Å². The fourth-order valence-corrected chi connectivity index (χ4v) is 3.65. The van der Waals surface area contributed by atoms with Gasteiger partial charge in [-0.05, 0) is 48.7 Å². The lowest BCUT2D eigenvalue weighted by Crippen LogP contribution is -2.42. The third kappa shape index (κ3) is 4.41. The minimum Gasteiger partial charge on any atom is -0.455 e. The Morgan fingerprint density at radius 1 is 0.968 bits per heavy atom. The number of aryl methyl sites for hydroxylation is 1. The fourth-order valence-electron chi connectivity index (χ4n) is 3.65. The average Bonchev–Trinajstić information content (AvgIpc) is 2.82. The van der Waals surface area contributed by atoms with Gasteiger partial charge in [-0.15, -0.1) is 0 Å². The molecule has 0 saturated carbocycles. The minimum absolute atomic E-state index is 0.115. The highest BCUT2D eigenvalue weighted by molar-refractivity contribution is 6.02. The van der Waals surface area contributed by atoms with Gasteiger partial charge >= 0.3 is 0 Å². The standard InChI is InChI=1S/C25H21N3O3/c26-16-19-9-2-5-13-22(19)31-23-14-6-3-11-20(23)25(30)27-17-24(29)28-15-7-10-18-8-1-4-12-21(18)28/h1-6,8-9,11-14H,7,10,15,17H2,(H,27,30). The molecule has 1 aliphatic heterocycles. The Morgan fingerprint density at radius 3 is 2.52 bits per heavy atom. The molecule has 0 atom stereocenters. The summed E-state index contributed by atoms with van der Waals surface area (Å²) >= 11 is 0. The van der Waals surface area contributed by atoms with Gasteiger partial charge in [-0.25, -0.2) is 0 Å². The first kappa shape index (κ1) is 20.2. The van der Waals surface area contributed by atoms with E-state index in [9.17, 15) is 14.9 Å². The van der Waals surface area contributed by atoms with Crippen LogP contribution in [0.3, 0.4) is 0 Å². The zero-order valence-corrected chi connectivity index (χ0v) is 16.9. The van der Waals surface area contributed by atoms with Gasteiger partial charge in [0, 0.05) is 12.2 Å². The highest BCUT2D eigenvalue weighted by atomic mass is 16.5. The summed E-state index contributed by atoms with van der Waals surface area (Å²) in [6.45, 7) is 0.520. The first-order chi connectivity index (χ1) is 15.2. The number of hydrogen-bond donors (Lipinski definition) is 1. The van der Waals surface area contributed by atoms with Gasteiger partial charge in [0.25, 0.3) is 5.91 Å². The van der Waals surface area contributed by atoms with E-state index in [0.29, 0.717) is 29.2 Å². The number of nitrogens with zero attached hydrogens (tertiary/aromatic N) is 2. The summed E-state index contributed by atoms with van der Waals surface area (Å²) in [5, 5.41) is 12.0. The number of para-hydroxylation sites is 3. The molecular weight excluding hydrogens is 390 g/mol. The molecule has 2 amide bonds. The van der Waals surface area contributed by atoms with E-state index in [4.69, 9.17) is 4.74 Å². The average molecular weight is 411 g/mol. The normalized spacial score (nSPS) is 12.4. The van der Waals surface area contributed by atoms with Crippen LogP contribution in [0.15, 0.2) is 72.8 Å². The highest BCUT2D eigenvalue weighted by Crippen LogP contribution is 2.28. The van der Waals surface area contributed by atoms with Crippen LogP contribution >= 0.6 is 0 Å². The molecule has 0 bridgehead atoms. The number of benzene rings is 3. The van der Waals surface area contributed by atoms with Crippen LogP contribution < -0.4 is 15.0 Å². The minimum atomic E-state index is -0.413. The number of anilines is 1. The molecule has 0 radical (unpaired) electrons. The molecule has 1 aliphatic rings. The molecule has 3 aromatic rings. The smallest absolute Gasteiger partial charge is 0.255 e. The zero-order chi connectivity index (χ0) is 21.6. The van der Waals surface area contributed by atoms with E-state index in [-0.39, 0.29) is 12.5 Å². The molecule has 0 saturated heterocycles. The van der Waals surface area contributed by atoms with E-state index in [1.165, 1.54) is 0 Å². The van der Waals surface area contributed by atoms with Crippen LogP contribution in [0.25, 0.3) is 0 Å². The molecule has 154 valence electrons. The van der Waals surface area contributed by atoms with Gasteiger partial charge < -0.3 is 15.0 Å². The number of carbonyl (C=O) groups is 2. The van der Waals surface area contributed by atoms with Crippen molar-refractivity contribution in [2.24, 2.45) is 0 Å². The van der Waals surface area contributed by atoms with Crippen molar-refractivity contribution in [1.82, 2.24) is 5.32 Å². The Balaban J connectivity index is 1.47. The molecule has 6 nitrogen and oxygen atoms in total. The monoisotopic (exact) mass is 411 g/mol. The number of rotatable bonds is 5. The number of fused-ring (bicyclic) bond motifs is 1. The third-order valence-corrected chi connectivity index (χ3v) is 5.17. The molecule has 1 heterocycles. The SMILES string of the molecule is N#Cc1ccccc1Oc1ccccc1C(=O)NCC(=O)N1CCCc2ccccc21. The number of nitriles is 1. The van der Waals surface area contributed by atoms with Crippen LogP contribution in [0.2, 0.25) is 0 Å². The van der Waals surface area contributed by atoms with Crippen LogP contribution in [0.5, 0.6) is 11.5 Å². The van der Waals surface area contributed by atoms with E-state index in [0.717, 1.165) is 24.1 Å². The van der Waals surface area contributed by atoms with Crippen molar-refractivity contribution in [1.29, 1.82) is 5.26 Å². The first-order valence-corrected chi connectivity index (χ1v) is 10.1. The number of hydrogen-bond acceptors (Lipinski definition) is 4. The molecule has 0 unspecified atom stereocenters. The van der Waals surface area contributed by atoms with E-state index in [2.05, 4.69) is 11.4 Å². The summed E-state index contributed by atoms with van der Waals surface area (Å²) in [6.07, 6.45) is 1.84. The number of nitrogens with one attached hydrogen (secondary N) is 1. The van der Waals surface area contributed by atoms with Crippen molar-refractivity contribution in [3.63, 3.8) is 0 Å². The van der Waals surface area contributed by atoms with Crippen LogP contribution in [-0.2, 0) is 11.2 Å². The molecule has 4 rings (SSSR count). The van der Waals surface area contributed by atoms with Gasteiger partial charge in [-0.2, -0.15) is 5.26 Å². The predicted octanol–water partition coefficient (Wildman–Crippen LogP) is 4.06. The molecule has 0 aliphatic carbocycles. The Kier molecular flexibility index (Phi) is 5.95. The Bertz CT molecular complexity index is 1170. The Labute approximate surface area is 180 Å². The summed E-state index contributed by atoms with van der Waals surface area (Å²) in [5.74, 6) is 0.113. The molecule has 31 heavy (non-hydrogen) atoms. The second kappa shape index (κ2) is 9.14. The second-order valence-electron chi connectivity index (χ2n) is 7.17.